The summed E-state index contributed by atoms with van der Waals surface area (Å²) in [5, 5.41) is 40.1. The van der Waals surface area contributed by atoms with Gasteiger partial charge in [-0.1, -0.05) is 27.2 Å². The minimum absolute atomic E-state index is 0.0566. The Bertz CT molecular complexity index is 1520. The van der Waals surface area contributed by atoms with E-state index in [9.17, 15) is 29.7 Å². The highest BCUT2D eigenvalue weighted by molar-refractivity contribution is 8.00. The second-order valence-corrected chi connectivity index (χ2v) is 21.9. The van der Waals surface area contributed by atoms with Crippen LogP contribution in [0.2, 0.25) is 0 Å². The minimum Gasteiger partial charge on any atom is -0.463 e. The molecular weight excluding hydrogens is 901 g/mol. The van der Waals surface area contributed by atoms with Gasteiger partial charge < -0.3 is 68.6 Å². The highest BCUT2D eigenvalue weighted by atomic mass is 32.2. The van der Waals surface area contributed by atoms with Crippen molar-refractivity contribution < 1.29 is 72.3 Å². The first-order valence-electron chi connectivity index (χ1n) is 26.0. The van der Waals surface area contributed by atoms with Gasteiger partial charge >= 0.3 is 18.0 Å². The van der Waals surface area contributed by atoms with Gasteiger partial charge in [0.1, 0.15) is 13.2 Å². The van der Waals surface area contributed by atoms with Crippen LogP contribution in [0.4, 0.5) is 4.79 Å². The topological polar surface area (TPSA) is 219 Å². The third-order valence-electron chi connectivity index (χ3n) is 16.6. The Hall–Kier alpha value is -1.84. The van der Waals surface area contributed by atoms with Crippen molar-refractivity contribution in [3.63, 3.8) is 0 Å². The number of thioether (sulfide) groups is 1. The van der Waals surface area contributed by atoms with Crippen LogP contribution in [0.15, 0.2) is 0 Å². The fourth-order valence-corrected chi connectivity index (χ4v) is 14.5. The predicted octanol–water partition coefficient (Wildman–Crippen LogP) is 4.29. The Morgan fingerprint density at radius 2 is 1.22 bits per heavy atom. The quantitative estimate of drug-likeness (QED) is 0.0352. The molecule has 18 heteroatoms. The minimum atomic E-state index is -0.436. The van der Waals surface area contributed by atoms with Gasteiger partial charge in [0.2, 0.25) is 0 Å². The van der Waals surface area contributed by atoms with E-state index >= 15 is 0 Å². The number of urea groups is 1. The Kier molecular flexibility index (Phi) is 23.2. The molecule has 0 aromatic heterocycles. The summed E-state index contributed by atoms with van der Waals surface area (Å²) < 4.78 is 49.4. The van der Waals surface area contributed by atoms with E-state index in [-0.39, 0.29) is 95.9 Å². The van der Waals surface area contributed by atoms with E-state index in [1.54, 1.807) is 0 Å². The van der Waals surface area contributed by atoms with Crippen LogP contribution in [0, 0.1) is 46.3 Å². The molecule has 0 radical (unpaired) electrons. The Morgan fingerprint density at radius 3 is 1.79 bits per heavy atom. The molecule has 5 N–H and O–H groups in total. The lowest BCUT2D eigenvalue weighted by Gasteiger charge is -2.63. The van der Waals surface area contributed by atoms with Crippen LogP contribution in [0.25, 0.3) is 0 Å². The maximum absolute atomic E-state index is 12.7. The van der Waals surface area contributed by atoms with Crippen molar-refractivity contribution in [2.45, 2.75) is 140 Å². The molecule has 6 rings (SSSR count). The molecule has 0 unspecified atom stereocenters. The summed E-state index contributed by atoms with van der Waals surface area (Å²) in [4.78, 5) is 36.1. The first kappa shape index (κ1) is 55.5. The third-order valence-corrected chi connectivity index (χ3v) is 18.1. The molecule has 2 amide bonds. The second-order valence-electron chi connectivity index (χ2n) is 20.6. The van der Waals surface area contributed by atoms with E-state index in [1.807, 2.05) is 11.8 Å². The number of hydrogen-bond acceptors (Lipinski definition) is 16. The van der Waals surface area contributed by atoms with Crippen LogP contribution in [-0.4, -0.2) is 180 Å². The summed E-state index contributed by atoms with van der Waals surface area (Å²) in [5.74, 6) is 2.06. The van der Waals surface area contributed by atoms with Gasteiger partial charge in [0.25, 0.3) is 0 Å². The number of amides is 2. The van der Waals surface area contributed by atoms with Crippen molar-refractivity contribution in [3.8, 4) is 0 Å². The summed E-state index contributed by atoms with van der Waals surface area (Å²) in [6, 6.07) is 0.349. The number of unbranched alkanes of at least 4 members (excludes halogenated alkanes) is 1. The van der Waals surface area contributed by atoms with Gasteiger partial charge in [-0.3, -0.25) is 9.59 Å². The summed E-state index contributed by atoms with van der Waals surface area (Å²) >= 11 is 1.88. The molecular formula is C50H86N2O15S. The Labute approximate surface area is 409 Å². The van der Waals surface area contributed by atoms with Crippen LogP contribution >= 0.6 is 11.8 Å². The molecule has 0 aromatic rings. The van der Waals surface area contributed by atoms with Crippen molar-refractivity contribution in [1.29, 1.82) is 0 Å². The van der Waals surface area contributed by atoms with E-state index in [0.29, 0.717) is 129 Å². The number of fused-ring (bicyclic) bond motifs is 6. The zero-order chi connectivity index (χ0) is 48.4. The number of ether oxygens (including phenoxy) is 9. The Morgan fingerprint density at radius 1 is 0.676 bits per heavy atom. The third kappa shape index (κ3) is 15.6. The largest absolute Gasteiger partial charge is 0.463 e. The van der Waals surface area contributed by atoms with Crippen LogP contribution in [0.5, 0.6) is 0 Å². The maximum atomic E-state index is 12.7. The lowest BCUT2D eigenvalue weighted by Crippen LogP contribution is -2.62. The normalized spacial score (nSPS) is 34.3. The smallest absolute Gasteiger partial charge is 0.315 e. The number of carbonyl (C=O) groups is 3. The number of aliphatic hydroxyl groups excluding tert-OH is 3. The molecule has 2 heterocycles. The number of aliphatic hydroxyl groups is 3. The molecule has 17 nitrogen and oxygen atoms in total. The fourth-order valence-electron chi connectivity index (χ4n) is 12.9. The van der Waals surface area contributed by atoms with Crippen LogP contribution in [-0.2, 0) is 52.2 Å². The number of esters is 2. The lowest BCUT2D eigenvalue weighted by molar-refractivity contribution is -0.207. The van der Waals surface area contributed by atoms with Crippen molar-refractivity contribution in [3.05, 3.63) is 0 Å². The molecule has 4 saturated carbocycles. The molecule has 0 aromatic carbocycles. The molecule has 6 fully saturated rings. The molecule has 68 heavy (non-hydrogen) atoms. The highest BCUT2D eigenvalue weighted by Crippen LogP contribution is 2.68. The van der Waals surface area contributed by atoms with Gasteiger partial charge in [-0.2, -0.15) is 11.8 Å². The van der Waals surface area contributed by atoms with Crippen LogP contribution < -0.4 is 10.6 Å². The number of nitrogens with one attached hydrogen (secondary N) is 2. The molecule has 2 saturated heterocycles. The van der Waals surface area contributed by atoms with E-state index in [0.717, 1.165) is 63.5 Å². The summed E-state index contributed by atoms with van der Waals surface area (Å²) in [6.45, 7) is 13.1. The number of rotatable bonds is 33. The van der Waals surface area contributed by atoms with E-state index in [1.165, 1.54) is 0 Å². The first-order valence-corrected chi connectivity index (χ1v) is 27.0. The average Bonchev–Trinajstić information content (AvgIpc) is 4.00. The lowest BCUT2D eigenvalue weighted by atomic mass is 9.43. The van der Waals surface area contributed by atoms with Gasteiger partial charge in [-0.05, 0) is 111 Å². The maximum Gasteiger partial charge on any atom is 0.315 e. The monoisotopic (exact) mass is 987 g/mol. The van der Waals surface area contributed by atoms with E-state index < -0.39 is 6.10 Å². The molecule has 14 atom stereocenters. The first-order chi connectivity index (χ1) is 32.9. The molecule has 6 aliphatic rings. The Balaban J connectivity index is 0.649. The van der Waals surface area contributed by atoms with Crippen molar-refractivity contribution in [1.82, 2.24) is 10.6 Å². The van der Waals surface area contributed by atoms with Crippen LogP contribution in [0.1, 0.15) is 104 Å². The van der Waals surface area contributed by atoms with Gasteiger partial charge in [0, 0.05) is 23.8 Å². The van der Waals surface area contributed by atoms with Gasteiger partial charge in [-0.25, -0.2) is 4.79 Å². The zero-order valence-electron chi connectivity index (χ0n) is 41.3. The molecule has 0 bridgehead atoms. The van der Waals surface area contributed by atoms with Gasteiger partial charge in [0.15, 0.2) is 0 Å². The zero-order valence-corrected chi connectivity index (χ0v) is 42.1. The van der Waals surface area contributed by atoms with Crippen molar-refractivity contribution in [2.75, 3.05) is 111 Å². The molecule has 392 valence electrons. The molecule has 2 aliphatic heterocycles. The number of carbonyl (C=O) groups excluding carboxylic acids is 3. The fraction of sp³-hybridized carbons (Fsp3) is 0.940. The van der Waals surface area contributed by atoms with Crippen LogP contribution in [0.3, 0.4) is 0 Å². The summed E-state index contributed by atoms with van der Waals surface area (Å²) in [7, 11) is 0. The van der Waals surface area contributed by atoms with E-state index in [2.05, 4.69) is 31.4 Å². The molecule has 4 aliphatic carbocycles. The van der Waals surface area contributed by atoms with E-state index in [4.69, 9.17) is 42.6 Å². The SMILES string of the molecule is C[C@H](CCC(=O)OCCOCCOCCOCCOCCOCCOCCOCCOC(=O)CCCC[C@@H]1SC[C@@H]2NC(=O)N[C@@H]21)[C@H]1CC[C@H]2[C@@H]3[C@H](O)C[C@@H]4C[C@H](O)CC[C@]4(C)[C@H]3C[C@H](O)[C@]12C. The van der Waals surface area contributed by atoms with Gasteiger partial charge in [-0.15, -0.1) is 0 Å². The average molecular weight is 987 g/mol. The summed E-state index contributed by atoms with van der Waals surface area (Å²) in [6.07, 6.45) is 9.01. The summed E-state index contributed by atoms with van der Waals surface area (Å²) in [5.41, 5.74) is -0.226. The second kappa shape index (κ2) is 28.4. The predicted molar refractivity (Wildman–Crippen MR) is 254 cm³/mol. The van der Waals surface area contributed by atoms with Gasteiger partial charge in [0.05, 0.1) is 123 Å². The van der Waals surface area contributed by atoms with Crippen molar-refractivity contribution >= 4 is 29.7 Å². The molecule has 0 spiro atoms. The van der Waals surface area contributed by atoms with Crippen molar-refractivity contribution in [2.24, 2.45) is 46.3 Å². The standard InChI is InChI=1S/C50H86N2O15S/c1-34(37-9-10-38-46-39(32-43(55)50(37,38)3)49(2)13-12-36(53)30-35(49)31-41(46)54)8-11-45(57)67-29-27-65-25-23-63-21-19-61-17-15-59-14-16-60-18-20-62-22-24-64-26-28-66-44(56)7-5-4-6-42-47-40(33-68-42)51-48(58)52-47/h34-43,46-47,53-55H,4-33H2,1-3H3,(H2,51,52,58)/t34-,35+,36-,37-,38+,39+,40+,41-,42+,43+,46+,47+,49+,50-/m1/s1. The highest BCUT2D eigenvalue weighted by Gasteiger charge is 2.65. The number of hydrogen-bond donors (Lipinski definition) is 5.